The van der Waals surface area contributed by atoms with Crippen LogP contribution in [-0.4, -0.2) is 46.4 Å². The topological polar surface area (TPSA) is 86.7 Å². The molecule has 0 aromatic carbocycles. The van der Waals surface area contributed by atoms with E-state index in [-0.39, 0.29) is 5.91 Å². The number of nitrogens with one attached hydrogen (secondary N) is 1. The van der Waals surface area contributed by atoms with E-state index in [1.807, 2.05) is 5.38 Å². The lowest BCUT2D eigenvalue weighted by atomic mass is 10.2. The number of nitrogens with zero attached hydrogens (tertiary/aromatic N) is 1. The summed E-state index contributed by atoms with van der Waals surface area (Å²) in [6, 6.07) is 1.98. The maximum Gasteiger partial charge on any atom is 0.325 e. The van der Waals surface area contributed by atoms with E-state index in [2.05, 4.69) is 5.32 Å². The molecule has 0 spiro atoms. The molecule has 0 bridgehead atoms. The minimum atomic E-state index is -1.09. The molecule has 108 valence electrons. The zero-order chi connectivity index (χ0) is 14.7. The molecule has 7 heteroatoms. The smallest absolute Gasteiger partial charge is 0.325 e. The fraction of sp³-hybridized carbons (Fsp3) is 0.462. The fourth-order valence-corrected chi connectivity index (χ4v) is 2.87. The number of hydrogen-bond acceptors (Lipinski definition) is 4. The molecule has 2 heterocycles. The third kappa shape index (κ3) is 2.98. The van der Waals surface area contributed by atoms with E-state index in [0.29, 0.717) is 17.8 Å². The number of thiophene rings is 1. The highest BCUT2D eigenvalue weighted by atomic mass is 32.1. The van der Waals surface area contributed by atoms with Gasteiger partial charge in [-0.05, 0) is 31.2 Å². The van der Waals surface area contributed by atoms with E-state index in [0.717, 1.165) is 6.42 Å². The lowest BCUT2D eigenvalue weighted by molar-refractivity contribution is -0.141. The van der Waals surface area contributed by atoms with E-state index >= 15 is 0 Å². The summed E-state index contributed by atoms with van der Waals surface area (Å²) in [5.74, 6) is -1.66. The molecule has 1 unspecified atom stereocenters. The molecule has 1 aliphatic rings. The molecule has 2 rings (SSSR count). The second kappa shape index (κ2) is 6.04. The molecular weight excluding hydrogens is 280 g/mol. The largest absolute Gasteiger partial charge is 0.480 e. The Kier molecular flexibility index (Phi) is 4.39. The minimum absolute atomic E-state index is 0.166. The number of carbonyl (C=O) groups excluding carboxylic acids is 2. The zero-order valence-corrected chi connectivity index (χ0v) is 11.9. The maximum absolute atomic E-state index is 12.3. The van der Waals surface area contributed by atoms with Crippen LogP contribution in [0.5, 0.6) is 0 Å². The van der Waals surface area contributed by atoms with Crippen LogP contribution >= 0.6 is 11.3 Å². The molecule has 0 aliphatic carbocycles. The van der Waals surface area contributed by atoms with Crippen LogP contribution in [0.15, 0.2) is 17.5 Å². The summed E-state index contributed by atoms with van der Waals surface area (Å²) < 4.78 is 0. The first-order valence-corrected chi connectivity index (χ1v) is 7.26. The summed E-state index contributed by atoms with van der Waals surface area (Å²) in [7, 11) is 0. The molecule has 0 radical (unpaired) electrons. The average Bonchev–Trinajstić information content (AvgIpc) is 3.08. The van der Waals surface area contributed by atoms with Crippen LogP contribution in [0, 0.1) is 0 Å². The summed E-state index contributed by atoms with van der Waals surface area (Å²) in [6.07, 6.45) is 1.31. The van der Waals surface area contributed by atoms with Crippen molar-refractivity contribution in [3.05, 3.63) is 22.4 Å². The van der Waals surface area contributed by atoms with E-state index < -0.39 is 24.0 Å². The van der Waals surface area contributed by atoms with Crippen LogP contribution in [0.2, 0.25) is 0 Å². The zero-order valence-electron chi connectivity index (χ0n) is 11.0. The Balaban J connectivity index is 2.05. The molecule has 1 saturated heterocycles. The molecular formula is C13H16N2O4S. The maximum atomic E-state index is 12.3. The first-order chi connectivity index (χ1) is 9.50. The molecule has 20 heavy (non-hydrogen) atoms. The van der Waals surface area contributed by atoms with Crippen molar-refractivity contribution in [2.45, 2.75) is 31.8 Å². The highest BCUT2D eigenvalue weighted by Crippen LogP contribution is 2.22. The van der Waals surface area contributed by atoms with Crippen LogP contribution < -0.4 is 5.32 Å². The first kappa shape index (κ1) is 14.5. The Bertz CT molecular complexity index is 514. The lowest BCUT2D eigenvalue weighted by Crippen LogP contribution is -2.49. The summed E-state index contributed by atoms with van der Waals surface area (Å²) in [5.41, 5.74) is 0. The van der Waals surface area contributed by atoms with Gasteiger partial charge in [-0.2, -0.15) is 0 Å². The van der Waals surface area contributed by atoms with Crippen molar-refractivity contribution >= 4 is 29.1 Å². The molecule has 6 nitrogen and oxygen atoms in total. The second-order valence-electron chi connectivity index (χ2n) is 4.70. The second-order valence-corrected chi connectivity index (χ2v) is 5.65. The van der Waals surface area contributed by atoms with Crippen LogP contribution in [-0.2, 0) is 9.59 Å². The predicted molar refractivity (Wildman–Crippen MR) is 73.6 cm³/mol. The lowest BCUT2D eigenvalue weighted by Gasteiger charge is -2.24. The van der Waals surface area contributed by atoms with Gasteiger partial charge in [-0.25, -0.2) is 0 Å². The number of amides is 2. The van der Waals surface area contributed by atoms with Crippen molar-refractivity contribution < 1.29 is 19.5 Å². The highest BCUT2D eigenvalue weighted by Gasteiger charge is 2.35. The third-order valence-corrected chi connectivity index (χ3v) is 4.14. The summed E-state index contributed by atoms with van der Waals surface area (Å²) >= 11 is 1.33. The highest BCUT2D eigenvalue weighted by molar-refractivity contribution is 7.12. The quantitative estimate of drug-likeness (QED) is 0.866. The molecule has 0 saturated carbocycles. The summed E-state index contributed by atoms with van der Waals surface area (Å²) in [6.45, 7) is 1.93. The van der Waals surface area contributed by atoms with Crippen molar-refractivity contribution in [1.82, 2.24) is 10.2 Å². The fourth-order valence-electron chi connectivity index (χ4n) is 2.20. The molecule has 1 aromatic heterocycles. The number of carbonyl (C=O) groups is 3. The van der Waals surface area contributed by atoms with Gasteiger partial charge in [-0.3, -0.25) is 14.4 Å². The van der Waals surface area contributed by atoms with Crippen molar-refractivity contribution in [3.8, 4) is 0 Å². The van der Waals surface area contributed by atoms with Crippen LogP contribution in [0.1, 0.15) is 29.4 Å². The van der Waals surface area contributed by atoms with Gasteiger partial charge in [0.05, 0.1) is 4.88 Å². The Morgan fingerprint density at radius 3 is 2.85 bits per heavy atom. The Hall–Kier alpha value is -1.89. The van der Waals surface area contributed by atoms with E-state index in [4.69, 9.17) is 5.11 Å². The van der Waals surface area contributed by atoms with E-state index in [1.165, 1.54) is 23.2 Å². The van der Waals surface area contributed by atoms with Gasteiger partial charge in [0.1, 0.15) is 12.1 Å². The van der Waals surface area contributed by atoms with Crippen molar-refractivity contribution in [3.63, 3.8) is 0 Å². The van der Waals surface area contributed by atoms with Gasteiger partial charge < -0.3 is 15.3 Å². The van der Waals surface area contributed by atoms with Gasteiger partial charge in [-0.15, -0.1) is 11.3 Å². The Labute approximate surface area is 120 Å². The minimum Gasteiger partial charge on any atom is -0.480 e. The SMILES string of the molecule is C[C@H](NC(=O)C1CCCN1C(=O)c1cccs1)C(=O)O. The Morgan fingerprint density at radius 2 is 2.25 bits per heavy atom. The number of aliphatic carboxylic acids is 1. The normalized spacial score (nSPS) is 19.6. The average molecular weight is 296 g/mol. The van der Waals surface area contributed by atoms with Crippen molar-refractivity contribution in [2.24, 2.45) is 0 Å². The van der Waals surface area contributed by atoms with Gasteiger partial charge in [0.15, 0.2) is 0 Å². The molecule has 2 atom stereocenters. The summed E-state index contributed by atoms with van der Waals surface area (Å²) in [5, 5.41) is 13.0. The van der Waals surface area contributed by atoms with E-state index in [1.54, 1.807) is 12.1 Å². The third-order valence-electron chi connectivity index (χ3n) is 3.28. The van der Waals surface area contributed by atoms with Gasteiger partial charge in [0, 0.05) is 6.54 Å². The van der Waals surface area contributed by atoms with Gasteiger partial charge >= 0.3 is 5.97 Å². The number of likely N-dealkylation sites (tertiary alicyclic amines) is 1. The van der Waals surface area contributed by atoms with Crippen molar-refractivity contribution in [2.75, 3.05) is 6.54 Å². The van der Waals surface area contributed by atoms with Gasteiger partial charge in [0.2, 0.25) is 5.91 Å². The Morgan fingerprint density at radius 1 is 1.50 bits per heavy atom. The molecule has 1 aliphatic heterocycles. The number of rotatable bonds is 4. The molecule has 1 aromatic rings. The number of carboxylic acids is 1. The monoisotopic (exact) mass is 296 g/mol. The molecule has 1 fully saturated rings. The van der Waals surface area contributed by atoms with Crippen LogP contribution in [0.25, 0.3) is 0 Å². The van der Waals surface area contributed by atoms with Crippen LogP contribution in [0.3, 0.4) is 0 Å². The number of hydrogen-bond donors (Lipinski definition) is 2. The molecule has 2 N–H and O–H groups in total. The standard InChI is InChI=1S/C13H16N2O4S/c1-8(13(18)19)14-11(16)9-4-2-6-15(9)12(17)10-5-3-7-20-10/h3,5,7-9H,2,4,6H2,1H3,(H,14,16)(H,18,19)/t8-,9?/m0/s1. The summed E-state index contributed by atoms with van der Waals surface area (Å²) in [4.78, 5) is 37.2. The predicted octanol–water partition coefficient (Wildman–Crippen LogP) is 0.942. The first-order valence-electron chi connectivity index (χ1n) is 6.38. The van der Waals surface area contributed by atoms with Crippen molar-refractivity contribution in [1.29, 1.82) is 0 Å². The van der Waals surface area contributed by atoms with E-state index in [9.17, 15) is 14.4 Å². The molecule has 2 amide bonds. The van der Waals surface area contributed by atoms with Gasteiger partial charge in [0.25, 0.3) is 5.91 Å². The van der Waals surface area contributed by atoms with Crippen LogP contribution in [0.4, 0.5) is 0 Å². The van der Waals surface area contributed by atoms with Gasteiger partial charge in [-0.1, -0.05) is 6.07 Å². The number of carboxylic acid groups (broad SMARTS) is 1.